The number of aryl methyl sites for hydroxylation is 2. The van der Waals surface area contributed by atoms with Crippen molar-refractivity contribution in [3.63, 3.8) is 0 Å². The number of nitrogens with zero attached hydrogens (tertiary/aromatic N) is 1. The van der Waals surface area contributed by atoms with Crippen molar-refractivity contribution in [1.82, 2.24) is 4.98 Å². The Hall–Kier alpha value is -1.97. The largest absolute Gasteiger partial charge is 0.476 e. The molecule has 2 aromatic rings. The lowest BCUT2D eigenvalue weighted by atomic mass is 10.1. The summed E-state index contributed by atoms with van der Waals surface area (Å²) in [6.45, 7) is 3.73. The lowest BCUT2D eigenvalue weighted by Gasteiger charge is -2.05. The van der Waals surface area contributed by atoms with Gasteiger partial charge in [0.1, 0.15) is 0 Å². The fourth-order valence-corrected chi connectivity index (χ4v) is 1.76. The highest BCUT2D eigenvalue weighted by atomic mass is 19.1. The molecule has 0 unspecified atom stereocenters. The van der Waals surface area contributed by atoms with Crippen molar-refractivity contribution in [3.05, 3.63) is 40.8 Å². The summed E-state index contributed by atoms with van der Waals surface area (Å²) in [5.41, 5.74) is 1.84. The summed E-state index contributed by atoms with van der Waals surface area (Å²) >= 11 is 0. The highest BCUT2D eigenvalue weighted by Crippen LogP contribution is 2.21. The van der Waals surface area contributed by atoms with Crippen LogP contribution in [0.5, 0.6) is 0 Å². The van der Waals surface area contributed by atoms with Crippen LogP contribution in [0.15, 0.2) is 18.2 Å². The molecule has 1 aromatic heterocycles. The number of rotatable bonds is 1. The number of fused-ring (bicyclic) bond motifs is 1. The molecule has 0 bridgehead atoms. The average Bonchev–Trinajstić information content (AvgIpc) is 2.18. The Morgan fingerprint density at radius 2 is 2.00 bits per heavy atom. The van der Waals surface area contributed by atoms with Crippen LogP contribution >= 0.6 is 0 Å². The minimum Gasteiger partial charge on any atom is -0.476 e. The molecule has 0 aliphatic rings. The summed E-state index contributed by atoms with van der Waals surface area (Å²) in [6.07, 6.45) is 0. The van der Waals surface area contributed by atoms with Crippen molar-refractivity contribution in [2.24, 2.45) is 0 Å². The summed E-state index contributed by atoms with van der Waals surface area (Å²) in [4.78, 5) is 14.6. The predicted molar refractivity (Wildman–Crippen MR) is 58.1 cm³/mol. The number of aromatic carboxylic acids is 1. The van der Waals surface area contributed by atoms with E-state index in [1.54, 1.807) is 6.07 Å². The van der Waals surface area contributed by atoms with Gasteiger partial charge in [0.25, 0.3) is 0 Å². The standard InChI is InChI=1S/C12H10FNO2/c1-6-3-7(2)8-5-9(13)11(12(15)16)14-10(8)4-6/h3-5H,1-2H3,(H,15,16). The maximum atomic E-state index is 13.4. The third kappa shape index (κ3) is 1.62. The van der Waals surface area contributed by atoms with Crippen LogP contribution in [0.4, 0.5) is 4.39 Å². The number of carboxylic acids is 1. The van der Waals surface area contributed by atoms with Gasteiger partial charge in [0, 0.05) is 5.39 Å². The van der Waals surface area contributed by atoms with Gasteiger partial charge >= 0.3 is 5.97 Å². The number of hydrogen-bond acceptors (Lipinski definition) is 2. The van der Waals surface area contributed by atoms with E-state index in [1.807, 2.05) is 19.9 Å². The summed E-state index contributed by atoms with van der Waals surface area (Å²) in [5.74, 6) is -2.15. The van der Waals surface area contributed by atoms with Crippen molar-refractivity contribution in [3.8, 4) is 0 Å². The number of carboxylic acid groups (broad SMARTS) is 1. The Balaban J connectivity index is 2.84. The van der Waals surface area contributed by atoms with Crippen LogP contribution in [-0.2, 0) is 0 Å². The maximum Gasteiger partial charge on any atom is 0.357 e. The molecule has 1 N–H and O–H groups in total. The monoisotopic (exact) mass is 219 g/mol. The third-order valence-electron chi connectivity index (χ3n) is 2.44. The van der Waals surface area contributed by atoms with Gasteiger partial charge in [0.2, 0.25) is 0 Å². The lowest BCUT2D eigenvalue weighted by molar-refractivity contribution is 0.0685. The Bertz CT molecular complexity index is 593. The molecule has 0 aliphatic carbocycles. The van der Waals surface area contributed by atoms with Crippen LogP contribution in [0.3, 0.4) is 0 Å². The molecule has 0 radical (unpaired) electrons. The van der Waals surface area contributed by atoms with E-state index in [-0.39, 0.29) is 0 Å². The van der Waals surface area contributed by atoms with Crippen LogP contribution in [0.1, 0.15) is 21.6 Å². The molecule has 2 rings (SSSR count). The molecular weight excluding hydrogens is 209 g/mol. The second kappa shape index (κ2) is 3.56. The Morgan fingerprint density at radius 3 is 2.62 bits per heavy atom. The molecule has 1 aromatic carbocycles. The predicted octanol–water partition coefficient (Wildman–Crippen LogP) is 2.69. The van der Waals surface area contributed by atoms with Gasteiger partial charge in [-0.2, -0.15) is 0 Å². The molecule has 1 heterocycles. The molecule has 0 amide bonds. The Labute approximate surface area is 91.5 Å². The molecule has 0 saturated carbocycles. The van der Waals surface area contributed by atoms with E-state index in [0.717, 1.165) is 11.1 Å². The zero-order chi connectivity index (χ0) is 11.9. The van der Waals surface area contributed by atoms with E-state index in [0.29, 0.717) is 10.9 Å². The zero-order valence-electron chi connectivity index (χ0n) is 8.91. The highest BCUT2D eigenvalue weighted by Gasteiger charge is 2.14. The van der Waals surface area contributed by atoms with E-state index >= 15 is 0 Å². The minimum atomic E-state index is -1.35. The number of hydrogen-bond donors (Lipinski definition) is 1. The zero-order valence-corrected chi connectivity index (χ0v) is 8.91. The summed E-state index contributed by atoms with van der Waals surface area (Å²) < 4.78 is 13.4. The van der Waals surface area contributed by atoms with E-state index in [2.05, 4.69) is 4.98 Å². The van der Waals surface area contributed by atoms with Gasteiger partial charge in [-0.3, -0.25) is 0 Å². The number of pyridine rings is 1. The molecule has 0 aliphatic heterocycles. The quantitative estimate of drug-likeness (QED) is 0.802. The van der Waals surface area contributed by atoms with Gasteiger partial charge in [0.05, 0.1) is 5.52 Å². The number of benzene rings is 1. The van der Waals surface area contributed by atoms with Crippen LogP contribution in [-0.4, -0.2) is 16.1 Å². The van der Waals surface area contributed by atoms with Gasteiger partial charge in [0.15, 0.2) is 11.5 Å². The topological polar surface area (TPSA) is 50.2 Å². The van der Waals surface area contributed by atoms with E-state index in [1.165, 1.54) is 6.07 Å². The molecule has 0 saturated heterocycles. The molecule has 82 valence electrons. The fourth-order valence-electron chi connectivity index (χ4n) is 1.76. The van der Waals surface area contributed by atoms with Gasteiger partial charge in [-0.1, -0.05) is 6.07 Å². The van der Waals surface area contributed by atoms with Crippen molar-refractivity contribution >= 4 is 16.9 Å². The van der Waals surface area contributed by atoms with Crippen LogP contribution < -0.4 is 0 Å². The summed E-state index contributed by atoms with van der Waals surface area (Å²) in [6, 6.07) is 4.87. The Morgan fingerprint density at radius 1 is 1.31 bits per heavy atom. The molecule has 0 fully saturated rings. The molecular formula is C12H10FNO2. The fraction of sp³-hybridized carbons (Fsp3) is 0.167. The molecule has 4 heteroatoms. The van der Waals surface area contributed by atoms with Crippen LogP contribution in [0.25, 0.3) is 10.9 Å². The van der Waals surface area contributed by atoms with Gasteiger partial charge < -0.3 is 5.11 Å². The average molecular weight is 219 g/mol. The van der Waals surface area contributed by atoms with Crippen molar-refractivity contribution < 1.29 is 14.3 Å². The normalized spacial score (nSPS) is 10.7. The minimum absolute atomic E-state index is 0.510. The molecule has 0 atom stereocenters. The van der Waals surface area contributed by atoms with E-state index in [4.69, 9.17) is 5.11 Å². The third-order valence-corrected chi connectivity index (χ3v) is 2.44. The smallest absolute Gasteiger partial charge is 0.357 e. The van der Waals surface area contributed by atoms with Crippen molar-refractivity contribution in [2.75, 3.05) is 0 Å². The lowest BCUT2D eigenvalue weighted by Crippen LogP contribution is -2.04. The molecule has 0 spiro atoms. The summed E-state index contributed by atoms with van der Waals surface area (Å²) in [5, 5.41) is 9.41. The maximum absolute atomic E-state index is 13.4. The Kier molecular flexibility index (Phi) is 2.34. The van der Waals surface area contributed by atoms with Crippen LogP contribution in [0.2, 0.25) is 0 Å². The SMILES string of the molecule is Cc1cc(C)c2cc(F)c(C(=O)O)nc2c1. The van der Waals surface area contributed by atoms with Crippen molar-refractivity contribution in [1.29, 1.82) is 0 Å². The van der Waals surface area contributed by atoms with Gasteiger partial charge in [-0.15, -0.1) is 0 Å². The highest BCUT2D eigenvalue weighted by molar-refractivity contribution is 5.91. The molecule has 16 heavy (non-hydrogen) atoms. The number of carbonyl (C=O) groups is 1. The first-order valence-corrected chi connectivity index (χ1v) is 4.80. The van der Waals surface area contributed by atoms with E-state index in [9.17, 15) is 9.18 Å². The summed E-state index contributed by atoms with van der Waals surface area (Å²) in [7, 11) is 0. The first kappa shape index (κ1) is 10.5. The number of aromatic nitrogens is 1. The van der Waals surface area contributed by atoms with Gasteiger partial charge in [-0.25, -0.2) is 14.2 Å². The first-order valence-electron chi connectivity index (χ1n) is 4.80. The second-order valence-corrected chi connectivity index (χ2v) is 3.77. The van der Waals surface area contributed by atoms with Gasteiger partial charge in [-0.05, 0) is 37.1 Å². The molecule has 3 nitrogen and oxygen atoms in total. The van der Waals surface area contributed by atoms with E-state index < -0.39 is 17.5 Å². The first-order chi connectivity index (χ1) is 7.49. The van der Waals surface area contributed by atoms with Crippen molar-refractivity contribution in [2.45, 2.75) is 13.8 Å². The second-order valence-electron chi connectivity index (χ2n) is 3.77. The van der Waals surface area contributed by atoms with Crippen LogP contribution in [0, 0.1) is 19.7 Å². The number of halogens is 1.